The fourth-order valence-electron chi connectivity index (χ4n) is 2.17. The molecule has 23 heavy (non-hydrogen) atoms. The molecule has 1 N–H and O–H groups in total. The normalized spacial score (nSPS) is 11.9. The Morgan fingerprint density at radius 1 is 1.09 bits per heavy atom. The van der Waals surface area contributed by atoms with Crippen LogP contribution in [0.4, 0.5) is 0 Å². The monoisotopic (exact) mass is 347 g/mol. The van der Waals surface area contributed by atoms with E-state index in [9.17, 15) is 4.79 Å². The minimum absolute atomic E-state index is 0.0364. The van der Waals surface area contributed by atoms with Gasteiger partial charge in [-0.15, -0.1) is 11.8 Å². The van der Waals surface area contributed by atoms with E-state index in [4.69, 9.17) is 11.6 Å². The first-order chi connectivity index (χ1) is 11.1. The number of amides is 1. The Balaban J connectivity index is 1.63. The van der Waals surface area contributed by atoms with E-state index in [1.165, 1.54) is 11.1 Å². The summed E-state index contributed by atoms with van der Waals surface area (Å²) in [4.78, 5) is 12.1. The number of hydrogen-bond acceptors (Lipinski definition) is 2. The van der Waals surface area contributed by atoms with E-state index in [1.54, 1.807) is 11.8 Å². The molecule has 0 saturated carbocycles. The van der Waals surface area contributed by atoms with E-state index in [1.807, 2.05) is 49.4 Å². The number of nitrogens with one attached hydrogen (secondary N) is 1. The van der Waals surface area contributed by atoms with Crippen molar-refractivity contribution in [3.63, 3.8) is 0 Å². The van der Waals surface area contributed by atoms with Crippen LogP contribution in [0.5, 0.6) is 0 Å². The number of hydrogen-bond donors (Lipinski definition) is 1. The number of halogens is 1. The van der Waals surface area contributed by atoms with Crippen LogP contribution in [0.2, 0.25) is 5.02 Å². The van der Waals surface area contributed by atoms with Crippen LogP contribution in [-0.2, 0) is 17.0 Å². The second-order valence-electron chi connectivity index (χ2n) is 5.46. The molecule has 2 aromatic carbocycles. The number of carbonyl (C=O) groups is 1. The number of aryl methyl sites for hydroxylation is 1. The van der Waals surface area contributed by atoms with E-state index < -0.39 is 0 Å². The molecule has 0 saturated heterocycles. The van der Waals surface area contributed by atoms with E-state index >= 15 is 0 Å². The highest BCUT2D eigenvalue weighted by Crippen LogP contribution is 2.17. The summed E-state index contributed by atoms with van der Waals surface area (Å²) in [6.07, 6.45) is 1.88. The van der Waals surface area contributed by atoms with Crippen molar-refractivity contribution in [2.24, 2.45) is 0 Å². The number of thioether (sulfide) groups is 1. The fraction of sp³-hybridized carbons (Fsp3) is 0.316. The van der Waals surface area contributed by atoms with Crippen LogP contribution >= 0.6 is 23.4 Å². The van der Waals surface area contributed by atoms with E-state index in [2.05, 4.69) is 17.4 Å². The quantitative estimate of drug-likeness (QED) is 0.700. The van der Waals surface area contributed by atoms with Crippen molar-refractivity contribution in [2.75, 3.05) is 6.54 Å². The van der Waals surface area contributed by atoms with Gasteiger partial charge in [0.15, 0.2) is 0 Å². The predicted octanol–water partition coefficient (Wildman–Crippen LogP) is 4.71. The first kappa shape index (κ1) is 17.9. The predicted molar refractivity (Wildman–Crippen MR) is 100.0 cm³/mol. The van der Waals surface area contributed by atoms with Gasteiger partial charge >= 0.3 is 0 Å². The molecule has 0 spiro atoms. The minimum atomic E-state index is -0.0364. The molecule has 1 amide bonds. The van der Waals surface area contributed by atoms with Gasteiger partial charge in [0.25, 0.3) is 0 Å². The van der Waals surface area contributed by atoms with Crippen molar-refractivity contribution in [3.05, 3.63) is 70.7 Å². The van der Waals surface area contributed by atoms with Crippen molar-refractivity contribution in [1.82, 2.24) is 5.32 Å². The molecule has 0 aromatic heterocycles. The Bertz CT molecular complexity index is 601. The van der Waals surface area contributed by atoms with Gasteiger partial charge < -0.3 is 5.32 Å². The molecule has 0 bridgehead atoms. The van der Waals surface area contributed by atoms with Crippen LogP contribution in [0.15, 0.2) is 54.6 Å². The maximum absolute atomic E-state index is 12.1. The summed E-state index contributed by atoms with van der Waals surface area (Å²) in [5, 5.41) is 3.73. The molecule has 122 valence electrons. The van der Waals surface area contributed by atoms with Gasteiger partial charge in [-0.1, -0.05) is 54.1 Å². The van der Waals surface area contributed by atoms with Gasteiger partial charge in [-0.05, 0) is 43.0 Å². The molecule has 0 fully saturated rings. The maximum Gasteiger partial charge on any atom is 0.232 e. The molecule has 2 aromatic rings. The highest BCUT2D eigenvalue weighted by Gasteiger charge is 2.12. The zero-order chi connectivity index (χ0) is 16.5. The Labute approximate surface area is 147 Å². The van der Waals surface area contributed by atoms with Gasteiger partial charge in [0.05, 0.1) is 5.25 Å². The topological polar surface area (TPSA) is 29.1 Å². The van der Waals surface area contributed by atoms with Crippen molar-refractivity contribution in [3.8, 4) is 0 Å². The molecule has 0 radical (unpaired) electrons. The third kappa shape index (κ3) is 6.67. The lowest BCUT2D eigenvalue weighted by atomic mass is 10.1. The van der Waals surface area contributed by atoms with Gasteiger partial charge in [0, 0.05) is 17.3 Å². The van der Waals surface area contributed by atoms with Crippen LogP contribution in [0.1, 0.15) is 24.5 Å². The second kappa shape index (κ2) is 9.64. The maximum atomic E-state index is 12.1. The Morgan fingerprint density at radius 3 is 2.48 bits per heavy atom. The molecule has 0 aliphatic carbocycles. The first-order valence-corrected chi connectivity index (χ1v) is 9.25. The highest BCUT2D eigenvalue weighted by molar-refractivity contribution is 7.99. The van der Waals surface area contributed by atoms with Crippen LogP contribution in [0.25, 0.3) is 0 Å². The summed E-state index contributed by atoms with van der Waals surface area (Å²) in [5.74, 6) is 0.974. The average molecular weight is 348 g/mol. The van der Waals surface area contributed by atoms with Crippen LogP contribution in [0.3, 0.4) is 0 Å². The molecule has 2 nitrogen and oxygen atoms in total. The Morgan fingerprint density at radius 2 is 1.78 bits per heavy atom. The van der Waals surface area contributed by atoms with Gasteiger partial charge in [-0.2, -0.15) is 0 Å². The molecule has 0 unspecified atom stereocenters. The van der Waals surface area contributed by atoms with Gasteiger partial charge in [0.1, 0.15) is 0 Å². The first-order valence-electron chi connectivity index (χ1n) is 7.83. The molecule has 0 aliphatic heterocycles. The van der Waals surface area contributed by atoms with Crippen molar-refractivity contribution in [1.29, 1.82) is 0 Å². The molecule has 1 atom stereocenters. The Hall–Kier alpha value is -1.45. The SMILES string of the molecule is C[C@@H](SCc1ccccc1)C(=O)NCCCc1ccc(Cl)cc1. The van der Waals surface area contributed by atoms with E-state index in [0.717, 1.165) is 23.6 Å². The summed E-state index contributed by atoms with van der Waals surface area (Å²) in [7, 11) is 0. The molecule has 4 heteroatoms. The van der Waals surface area contributed by atoms with Crippen LogP contribution in [-0.4, -0.2) is 17.7 Å². The lowest BCUT2D eigenvalue weighted by Gasteiger charge is -2.12. The fourth-order valence-corrected chi connectivity index (χ4v) is 3.17. The molecule has 0 aliphatic rings. The van der Waals surface area contributed by atoms with Gasteiger partial charge in [-0.25, -0.2) is 0 Å². The summed E-state index contributed by atoms with van der Waals surface area (Å²) < 4.78 is 0. The largest absolute Gasteiger partial charge is 0.355 e. The van der Waals surface area contributed by atoms with Crippen molar-refractivity contribution >= 4 is 29.3 Å². The smallest absolute Gasteiger partial charge is 0.232 e. The molecular weight excluding hydrogens is 326 g/mol. The highest BCUT2D eigenvalue weighted by atomic mass is 35.5. The van der Waals surface area contributed by atoms with Gasteiger partial charge in [0.2, 0.25) is 5.91 Å². The zero-order valence-electron chi connectivity index (χ0n) is 13.3. The van der Waals surface area contributed by atoms with Crippen LogP contribution < -0.4 is 5.32 Å². The summed E-state index contributed by atoms with van der Waals surface area (Å²) in [5.41, 5.74) is 2.50. The Kier molecular flexibility index (Phi) is 7.50. The second-order valence-corrected chi connectivity index (χ2v) is 7.23. The van der Waals surface area contributed by atoms with Gasteiger partial charge in [-0.3, -0.25) is 4.79 Å². The molecule has 0 heterocycles. The summed E-state index contributed by atoms with van der Waals surface area (Å²) in [6.45, 7) is 2.67. The minimum Gasteiger partial charge on any atom is -0.355 e. The number of rotatable bonds is 8. The molecular formula is C19H22ClNOS. The van der Waals surface area contributed by atoms with E-state index in [-0.39, 0.29) is 11.2 Å². The average Bonchev–Trinajstić information content (AvgIpc) is 2.59. The van der Waals surface area contributed by atoms with Crippen molar-refractivity contribution in [2.45, 2.75) is 30.8 Å². The van der Waals surface area contributed by atoms with E-state index in [0.29, 0.717) is 6.54 Å². The number of benzene rings is 2. The third-order valence-corrected chi connectivity index (χ3v) is 5.03. The number of carbonyl (C=O) groups excluding carboxylic acids is 1. The van der Waals surface area contributed by atoms with Crippen molar-refractivity contribution < 1.29 is 4.79 Å². The summed E-state index contributed by atoms with van der Waals surface area (Å²) >= 11 is 7.53. The zero-order valence-corrected chi connectivity index (χ0v) is 14.9. The lowest BCUT2D eigenvalue weighted by Crippen LogP contribution is -2.31. The van der Waals surface area contributed by atoms with Crippen LogP contribution in [0, 0.1) is 0 Å². The summed E-state index contributed by atoms with van der Waals surface area (Å²) in [6, 6.07) is 18.1. The lowest BCUT2D eigenvalue weighted by molar-refractivity contribution is -0.120. The molecule has 2 rings (SSSR count). The standard InChI is InChI=1S/C19H22ClNOS/c1-15(23-14-17-6-3-2-4-7-17)19(22)21-13-5-8-16-9-11-18(20)12-10-16/h2-4,6-7,9-12,15H,5,8,13-14H2,1H3,(H,21,22)/t15-/m1/s1. The third-order valence-electron chi connectivity index (χ3n) is 3.57.